The fraction of sp³-hybridized carbons (Fsp3) is 0.462. The number of likely N-dealkylation sites (N-methyl/N-ethyl adjacent to an activating group) is 1. The second-order valence-corrected chi connectivity index (χ2v) is 10.7. The lowest BCUT2D eigenvalue weighted by Crippen LogP contribution is -2.56. The Morgan fingerprint density at radius 1 is 1.18 bits per heavy atom. The number of amides is 2. The number of hydrogen-bond donors (Lipinski definition) is 2. The third-order valence-electron chi connectivity index (χ3n) is 7.50. The summed E-state index contributed by atoms with van der Waals surface area (Å²) in [5.41, 5.74) is 7.37. The number of carbonyl (C=O) groups excluding carboxylic acids is 2. The molecule has 0 aliphatic carbocycles. The highest BCUT2D eigenvalue weighted by Crippen LogP contribution is 2.38. The summed E-state index contributed by atoms with van der Waals surface area (Å²) in [6, 6.07) is 5.35. The summed E-state index contributed by atoms with van der Waals surface area (Å²) in [6.45, 7) is 2.20. The Bertz CT molecular complexity index is 1440. The van der Waals surface area contributed by atoms with Gasteiger partial charge in [-0.2, -0.15) is 9.61 Å². The third-order valence-corrected chi connectivity index (χ3v) is 7.84. The average molecular weight is 557 g/mol. The van der Waals surface area contributed by atoms with E-state index in [1.54, 1.807) is 9.42 Å². The van der Waals surface area contributed by atoms with Crippen LogP contribution in [0.4, 0.5) is 16.0 Å². The predicted octanol–water partition coefficient (Wildman–Crippen LogP) is 1.98. The van der Waals surface area contributed by atoms with Gasteiger partial charge in [-0.3, -0.25) is 9.59 Å². The van der Waals surface area contributed by atoms with E-state index in [4.69, 9.17) is 32.2 Å². The zero-order chi connectivity index (χ0) is 27.3. The van der Waals surface area contributed by atoms with Crippen molar-refractivity contribution in [2.75, 3.05) is 56.2 Å². The summed E-state index contributed by atoms with van der Waals surface area (Å²) in [6.07, 6.45) is 2.41. The standard InChI is InChI=1S/C26H30ClFN8O3/c1-33-9-7-30-22(37)14-39-20-6-5-15(28)10-17(20)26(38)35-8-3-2-4-19(35)18-11-21-31-24(34-12-16(29)13-34)23(27)25(33)36(21)32-18/h5-6,10-11,16,19H,2-4,7-9,12-14,29H2,1H3,(H,30,37). The second-order valence-electron chi connectivity index (χ2n) is 10.3. The Balaban J connectivity index is 1.49. The molecule has 1 unspecified atom stereocenters. The first-order valence-electron chi connectivity index (χ1n) is 13.1. The number of carbonyl (C=O) groups is 2. The number of benzene rings is 1. The number of piperidine rings is 1. The number of ether oxygens (including phenoxy) is 1. The van der Waals surface area contributed by atoms with Gasteiger partial charge in [0.2, 0.25) is 0 Å². The number of hydrogen-bond acceptors (Lipinski definition) is 8. The zero-order valence-electron chi connectivity index (χ0n) is 21.6. The molecular weight excluding hydrogens is 527 g/mol. The first-order valence-corrected chi connectivity index (χ1v) is 13.5. The Labute approximate surface area is 229 Å². The Morgan fingerprint density at radius 3 is 2.79 bits per heavy atom. The van der Waals surface area contributed by atoms with E-state index in [0.29, 0.717) is 67.1 Å². The van der Waals surface area contributed by atoms with Crippen LogP contribution >= 0.6 is 11.6 Å². The van der Waals surface area contributed by atoms with Crippen LogP contribution in [-0.4, -0.2) is 83.7 Å². The first-order chi connectivity index (χ1) is 18.8. The number of nitrogens with two attached hydrogens (primary N) is 1. The SMILES string of the molecule is CN1CCNC(=O)COc2ccc(F)cc2C(=O)N2CCCCC2c2cc3nc(N4CC(N)C4)c(Cl)c1n3n2. The molecule has 5 heterocycles. The van der Waals surface area contributed by atoms with Gasteiger partial charge in [-0.05, 0) is 37.5 Å². The van der Waals surface area contributed by atoms with Gasteiger partial charge in [0.25, 0.3) is 11.8 Å². The minimum absolute atomic E-state index is 0.0576. The van der Waals surface area contributed by atoms with Gasteiger partial charge >= 0.3 is 0 Å². The van der Waals surface area contributed by atoms with Crippen LogP contribution in [0.2, 0.25) is 5.02 Å². The fourth-order valence-electron chi connectivity index (χ4n) is 5.46. The molecule has 2 bridgehead atoms. The average Bonchev–Trinajstić information content (AvgIpc) is 3.32. The molecule has 3 aliphatic rings. The van der Waals surface area contributed by atoms with Crippen LogP contribution in [0.25, 0.3) is 5.65 Å². The molecule has 2 amide bonds. The van der Waals surface area contributed by atoms with Crippen molar-refractivity contribution >= 4 is 40.7 Å². The molecule has 0 radical (unpaired) electrons. The van der Waals surface area contributed by atoms with E-state index in [1.165, 1.54) is 12.1 Å². The normalized spacial score (nSPS) is 20.9. The van der Waals surface area contributed by atoms with Crippen LogP contribution in [0.5, 0.6) is 5.75 Å². The summed E-state index contributed by atoms with van der Waals surface area (Å²) in [5, 5.41) is 8.15. The van der Waals surface area contributed by atoms with Gasteiger partial charge in [0.15, 0.2) is 23.9 Å². The molecule has 1 aromatic carbocycles. The third kappa shape index (κ3) is 4.71. The predicted molar refractivity (Wildman–Crippen MR) is 144 cm³/mol. The van der Waals surface area contributed by atoms with E-state index in [-0.39, 0.29) is 41.8 Å². The van der Waals surface area contributed by atoms with Gasteiger partial charge in [0.05, 0.1) is 17.3 Å². The van der Waals surface area contributed by atoms with Crippen LogP contribution in [-0.2, 0) is 4.79 Å². The number of halogens is 2. The van der Waals surface area contributed by atoms with Crippen molar-refractivity contribution in [1.82, 2.24) is 24.8 Å². The molecule has 11 nitrogen and oxygen atoms in total. The zero-order valence-corrected chi connectivity index (χ0v) is 22.3. The fourth-order valence-corrected chi connectivity index (χ4v) is 5.84. The van der Waals surface area contributed by atoms with E-state index in [2.05, 4.69) is 5.32 Å². The minimum Gasteiger partial charge on any atom is -0.483 e. The highest BCUT2D eigenvalue weighted by Gasteiger charge is 2.34. The second kappa shape index (κ2) is 10.2. The maximum absolute atomic E-state index is 14.3. The molecule has 3 N–H and O–H groups in total. The van der Waals surface area contributed by atoms with Crippen molar-refractivity contribution in [2.45, 2.75) is 31.3 Å². The lowest BCUT2D eigenvalue weighted by Gasteiger charge is -2.38. The van der Waals surface area contributed by atoms with Gasteiger partial charge in [-0.1, -0.05) is 11.6 Å². The first kappa shape index (κ1) is 25.6. The van der Waals surface area contributed by atoms with Crippen molar-refractivity contribution in [3.63, 3.8) is 0 Å². The number of nitrogens with one attached hydrogen (secondary N) is 1. The van der Waals surface area contributed by atoms with Crippen molar-refractivity contribution in [3.05, 3.63) is 46.4 Å². The summed E-state index contributed by atoms with van der Waals surface area (Å²) in [7, 11) is 1.88. The van der Waals surface area contributed by atoms with Crippen molar-refractivity contribution in [2.24, 2.45) is 5.73 Å². The van der Waals surface area contributed by atoms with E-state index < -0.39 is 5.82 Å². The highest BCUT2D eigenvalue weighted by molar-refractivity contribution is 6.35. The quantitative estimate of drug-likeness (QED) is 0.467. The van der Waals surface area contributed by atoms with Crippen molar-refractivity contribution in [3.8, 4) is 5.75 Å². The molecule has 3 aliphatic heterocycles. The van der Waals surface area contributed by atoms with Gasteiger partial charge in [-0.15, -0.1) is 0 Å². The molecule has 3 aromatic rings. The highest BCUT2D eigenvalue weighted by atomic mass is 35.5. The Kier molecular flexibility index (Phi) is 6.67. The molecular formula is C26H30ClFN8O3. The minimum atomic E-state index is -0.560. The molecule has 2 saturated heterocycles. The smallest absolute Gasteiger partial charge is 0.258 e. The van der Waals surface area contributed by atoms with E-state index in [1.807, 2.05) is 22.9 Å². The molecule has 6 rings (SSSR count). The van der Waals surface area contributed by atoms with E-state index in [9.17, 15) is 14.0 Å². The Hall–Kier alpha value is -3.64. The van der Waals surface area contributed by atoms with Gasteiger partial charge in [0, 0.05) is 51.9 Å². The monoisotopic (exact) mass is 556 g/mol. The number of nitrogens with zero attached hydrogens (tertiary/aromatic N) is 6. The number of rotatable bonds is 1. The largest absolute Gasteiger partial charge is 0.483 e. The molecule has 39 heavy (non-hydrogen) atoms. The molecule has 2 aromatic heterocycles. The van der Waals surface area contributed by atoms with Crippen LogP contribution in [0, 0.1) is 5.82 Å². The molecule has 13 heteroatoms. The summed E-state index contributed by atoms with van der Waals surface area (Å²) >= 11 is 6.93. The molecule has 2 fully saturated rings. The number of aromatic nitrogens is 3. The lowest BCUT2D eigenvalue weighted by atomic mass is 9.98. The summed E-state index contributed by atoms with van der Waals surface area (Å²) < 4.78 is 21.7. The van der Waals surface area contributed by atoms with Gasteiger partial charge in [0.1, 0.15) is 16.6 Å². The van der Waals surface area contributed by atoms with Gasteiger partial charge < -0.3 is 30.5 Å². The van der Waals surface area contributed by atoms with Crippen LogP contribution in [0.15, 0.2) is 24.3 Å². The topological polar surface area (TPSA) is 121 Å². The van der Waals surface area contributed by atoms with Gasteiger partial charge in [-0.25, -0.2) is 9.37 Å². The molecule has 1 atom stereocenters. The maximum atomic E-state index is 14.3. The lowest BCUT2D eigenvalue weighted by molar-refractivity contribution is -0.123. The summed E-state index contributed by atoms with van der Waals surface area (Å²) in [4.78, 5) is 36.9. The molecule has 0 spiro atoms. The molecule has 206 valence electrons. The van der Waals surface area contributed by atoms with Crippen LogP contribution < -0.4 is 25.6 Å². The number of fused-ring (bicyclic) bond motifs is 4. The maximum Gasteiger partial charge on any atom is 0.258 e. The van der Waals surface area contributed by atoms with Crippen molar-refractivity contribution < 1.29 is 18.7 Å². The van der Waals surface area contributed by atoms with Crippen molar-refractivity contribution in [1.29, 1.82) is 0 Å². The van der Waals surface area contributed by atoms with E-state index >= 15 is 0 Å². The summed E-state index contributed by atoms with van der Waals surface area (Å²) in [5.74, 6) is 0.107. The van der Waals surface area contributed by atoms with Crippen LogP contribution in [0.3, 0.4) is 0 Å². The molecule has 0 saturated carbocycles. The van der Waals surface area contributed by atoms with E-state index in [0.717, 1.165) is 18.9 Å². The van der Waals surface area contributed by atoms with Crippen LogP contribution in [0.1, 0.15) is 41.4 Å². The number of anilines is 2. The Morgan fingerprint density at radius 2 is 2.00 bits per heavy atom.